The molecule has 0 radical (unpaired) electrons. The Morgan fingerprint density at radius 1 is 1.04 bits per heavy atom. The zero-order chi connectivity index (χ0) is 19.5. The molecule has 1 aliphatic heterocycles. The zero-order valence-electron chi connectivity index (χ0n) is 16.2. The maximum Gasteiger partial charge on any atom is 0.273 e. The van der Waals surface area contributed by atoms with Crippen molar-refractivity contribution in [3.05, 3.63) is 70.7 Å². The minimum atomic E-state index is 0.0117. The first-order valence-electron chi connectivity index (χ1n) is 9.49. The number of benzene rings is 2. The molecule has 0 spiro atoms. The number of para-hydroxylation sites is 1. The molecule has 1 saturated heterocycles. The van der Waals surface area contributed by atoms with Gasteiger partial charge in [0.15, 0.2) is 5.13 Å². The number of aromatic nitrogens is 1. The van der Waals surface area contributed by atoms with Gasteiger partial charge >= 0.3 is 0 Å². The van der Waals surface area contributed by atoms with E-state index in [4.69, 9.17) is 0 Å². The molecule has 0 saturated carbocycles. The number of rotatable bonds is 4. The van der Waals surface area contributed by atoms with Crippen LogP contribution in [0.5, 0.6) is 0 Å². The maximum absolute atomic E-state index is 12.8. The van der Waals surface area contributed by atoms with Gasteiger partial charge in [0.25, 0.3) is 5.91 Å². The molecule has 0 atom stereocenters. The van der Waals surface area contributed by atoms with Crippen LogP contribution in [-0.4, -0.2) is 42.0 Å². The van der Waals surface area contributed by atoms with Crippen molar-refractivity contribution in [2.75, 3.05) is 36.4 Å². The van der Waals surface area contributed by atoms with E-state index >= 15 is 0 Å². The first kappa shape index (κ1) is 18.5. The first-order chi connectivity index (χ1) is 13.6. The summed E-state index contributed by atoms with van der Waals surface area (Å²) in [5.74, 6) is 0.0117. The second-order valence-electron chi connectivity index (χ2n) is 7.10. The van der Waals surface area contributed by atoms with E-state index in [9.17, 15) is 4.79 Å². The number of carbonyl (C=O) groups is 1. The molecular weight excluding hydrogens is 368 g/mol. The van der Waals surface area contributed by atoms with Crippen molar-refractivity contribution in [3.8, 4) is 0 Å². The first-order valence-corrected chi connectivity index (χ1v) is 10.4. The van der Waals surface area contributed by atoms with E-state index < -0.39 is 0 Å². The topological polar surface area (TPSA) is 48.5 Å². The van der Waals surface area contributed by atoms with Crippen molar-refractivity contribution < 1.29 is 4.79 Å². The smallest absolute Gasteiger partial charge is 0.273 e. The quantitative estimate of drug-likeness (QED) is 0.712. The summed E-state index contributed by atoms with van der Waals surface area (Å²) in [5.41, 5.74) is 5.15. The number of hydrogen-bond acceptors (Lipinski definition) is 5. The molecule has 5 nitrogen and oxygen atoms in total. The van der Waals surface area contributed by atoms with Crippen molar-refractivity contribution in [1.82, 2.24) is 9.88 Å². The molecule has 6 heteroatoms. The molecule has 4 rings (SSSR count). The standard InChI is InChI=1S/C22H24N4OS/c1-16-8-9-19(17(2)14-16)23-22-24-20(15-28-22)21(27)26-12-10-25(11-13-26)18-6-4-3-5-7-18/h3-9,14-15H,10-13H2,1-2H3,(H,23,24). The minimum Gasteiger partial charge on any atom is -0.368 e. The normalized spacial score (nSPS) is 14.2. The Morgan fingerprint density at radius 3 is 2.50 bits per heavy atom. The number of anilines is 3. The SMILES string of the molecule is Cc1ccc(Nc2nc(C(=O)N3CCN(c4ccccc4)CC3)cs2)c(C)c1. The summed E-state index contributed by atoms with van der Waals surface area (Å²) in [6.07, 6.45) is 0. The van der Waals surface area contributed by atoms with Crippen molar-refractivity contribution in [3.63, 3.8) is 0 Å². The lowest BCUT2D eigenvalue weighted by Crippen LogP contribution is -2.48. The van der Waals surface area contributed by atoms with Gasteiger partial charge in [-0.15, -0.1) is 11.3 Å². The molecule has 1 amide bonds. The fourth-order valence-corrected chi connectivity index (χ4v) is 4.16. The van der Waals surface area contributed by atoms with Crippen LogP contribution in [0, 0.1) is 13.8 Å². The van der Waals surface area contributed by atoms with E-state index in [1.54, 1.807) is 0 Å². The Kier molecular flexibility index (Phi) is 5.30. The molecule has 2 heterocycles. The molecule has 3 aromatic rings. The third-order valence-electron chi connectivity index (χ3n) is 5.04. The van der Waals surface area contributed by atoms with Crippen LogP contribution in [0.1, 0.15) is 21.6 Å². The van der Waals surface area contributed by atoms with E-state index in [0.29, 0.717) is 18.8 Å². The van der Waals surface area contributed by atoms with Crippen LogP contribution in [0.25, 0.3) is 0 Å². The molecule has 0 aliphatic carbocycles. The van der Waals surface area contributed by atoms with E-state index in [1.165, 1.54) is 28.2 Å². The number of nitrogens with one attached hydrogen (secondary N) is 1. The van der Waals surface area contributed by atoms with E-state index in [2.05, 4.69) is 59.4 Å². The molecule has 144 valence electrons. The van der Waals surface area contributed by atoms with Gasteiger partial charge in [0.05, 0.1) is 0 Å². The summed E-state index contributed by atoms with van der Waals surface area (Å²) >= 11 is 1.47. The lowest BCUT2D eigenvalue weighted by molar-refractivity contribution is 0.0742. The molecule has 1 N–H and O–H groups in total. The molecule has 0 unspecified atom stereocenters. The Morgan fingerprint density at radius 2 is 1.79 bits per heavy atom. The fraction of sp³-hybridized carbons (Fsp3) is 0.273. The number of aryl methyl sites for hydroxylation is 2. The van der Waals surface area contributed by atoms with Crippen LogP contribution in [0.3, 0.4) is 0 Å². The van der Waals surface area contributed by atoms with Crippen LogP contribution in [0.15, 0.2) is 53.9 Å². The van der Waals surface area contributed by atoms with Crippen molar-refractivity contribution in [1.29, 1.82) is 0 Å². The van der Waals surface area contributed by atoms with Crippen LogP contribution in [0.4, 0.5) is 16.5 Å². The summed E-state index contributed by atoms with van der Waals surface area (Å²) in [7, 11) is 0. The van der Waals surface area contributed by atoms with Crippen LogP contribution in [0.2, 0.25) is 0 Å². The number of thiazole rings is 1. The maximum atomic E-state index is 12.8. The fourth-order valence-electron chi connectivity index (χ4n) is 3.47. The number of carbonyl (C=O) groups excluding carboxylic acids is 1. The van der Waals surface area contributed by atoms with Gasteiger partial charge in [-0.25, -0.2) is 4.98 Å². The third-order valence-corrected chi connectivity index (χ3v) is 5.79. The van der Waals surface area contributed by atoms with E-state index in [-0.39, 0.29) is 5.91 Å². The van der Waals surface area contributed by atoms with Crippen LogP contribution < -0.4 is 10.2 Å². The van der Waals surface area contributed by atoms with Crippen LogP contribution >= 0.6 is 11.3 Å². The van der Waals surface area contributed by atoms with Gasteiger partial charge in [-0.2, -0.15) is 0 Å². The van der Waals surface area contributed by atoms with Crippen molar-refractivity contribution in [2.45, 2.75) is 13.8 Å². The lowest BCUT2D eigenvalue weighted by atomic mass is 10.1. The number of piperazine rings is 1. The average Bonchev–Trinajstić information content (AvgIpc) is 3.19. The summed E-state index contributed by atoms with van der Waals surface area (Å²) in [6.45, 7) is 7.26. The van der Waals surface area contributed by atoms with Gasteiger partial charge < -0.3 is 15.1 Å². The van der Waals surface area contributed by atoms with Gasteiger partial charge in [-0.3, -0.25) is 4.79 Å². The number of hydrogen-bond donors (Lipinski definition) is 1. The Hall–Kier alpha value is -2.86. The predicted molar refractivity (Wildman–Crippen MR) is 116 cm³/mol. The van der Waals surface area contributed by atoms with Crippen molar-refractivity contribution in [2.24, 2.45) is 0 Å². The van der Waals surface area contributed by atoms with Gasteiger partial charge in [-0.1, -0.05) is 35.9 Å². The highest BCUT2D eigenvalue weighted by molar-refractivity contribution is 7.14. The molecule has 0 bridgehead atoms. The molecule has 28 heavy (non-hydrogen) atoms. The Balaban J connectivity index is 1.38. The van der Waals surface area contributed by atoms with E-state index in [0.717, 1.165) is 23.9 Å². The average molecular weight is 393 g/mol. The van der Waals surface area contributed by atoms with E-state index in [1.807, 2.05) is 28.5 Å². The molecule has 1 fully saturated rings. The summed E-state index contributed by atoms with van der Waals surface area (Å²) in [4.78, 5) is 21.6. The van der Waals surface area contributed by atoms with Crippen molar-refractivity contribution >= 4 is 33.8 Å². The largest absolute Gasteiger partial charge is 0.368 e. The Labute approximate surface area is 169 Å². The monoisotopic (exact) mass is 392 g/mol. The predicted octanol–water partition coefficient (Wildman–Crippen LogP) is 4.47. The lowest BCUT2D eigenvalue weighted by Gasteiger charge is -2.35. The molecular formula is C22H24N4OS. The van der Waals surface area contributed by atoms with Gasteiger partial charge in [0, 0.05) is 42.9 Å². The second kappa shape index (κ2) is 8.02. The second-order valence-corrected chi connectivity index (χ2v) is 7.95. The summed E-state index contributed by atoms with van der Waals surface area (Å²) < 4.78 is 0. The number of nitrogens with zero attached hydrogens (tertiary/aromatic N) is 3. The molecule has 2 aromatic carbocycles. The highest BCUT2D eigenvalue weighted by Gasteiger charge is 2.24. The van der Waals surface area contributed by atoms with Crippen LogP contribution in [-0.2, 0) is 0 Å². The molecule has 1 aromatic heterocycles. The third kappa shape index (κ3) is 4.02. The highest BCUT2D eigenvalue weighted by Crippen LogP contribution is 2.25. The summed E-state index contributed by atoms with van der Waals surface area (Å²) in [6, 6.07) is 16.6. The Bertz CT molecular complexity index is 962. The minimum absolute atomic E-state index is 0.0117. The van der Waals surface area contributed by atoms with Gasteiger partial charge in [-0.05, 0) is 37.6 Å². The van der Waals surface area contributed by atoms with Gasteiger partial charge in [0.1, 0.15) is 5.69 Å². The molecule has 1 aliphatic rings. The zero-order valence-corrected chi connectivity index (χ0v) is 17.0. The summed E-state index contributed by atoms with van der Waals surface area (Å²) in [5, 5.41) is 5.93. The van der Waals surface area contributed by atoms with Gasteiger partial charge in [0.2, 0.25) is 0 Å². The highest BCUT2D eigenvalue weighted by atomic mass is 32.1. The number of amides is 1.